The number of esters is 1. The van der Waals surface area contributed by atoms with Gasteiger partial charge in [0.05, 0.1) is 12.2 Å². The van der Waals surface area contributed by atoms with Crippen LogP contribution < -0.4 is 0 Å². The van der Waals surface area contributed by atoms with E-state index < -0.39 is 24.2 Å². The Morgan fingerprint density at radius 1 is 1.07 bits per heavy atom. The zero-order valence-electron chi connectivity index (χ0n) is 17.7. The minimum absolute atomic E-state index is 0.0764. The maximum Gasteiger partial charge on any atom is 0.421 e. The molecule has 0 saturated heterocycles. The summed E-state index contributed by atoms with van der Waals surface area (Å²) in [4.78, 5) is 16.0. The van der Waals surface area contributed by atoms with Crippen molar-refractivity contribution in [2.24, 2.45) is 4.99 Å². The molecule has 0 aliphatic heterocycles. The number of aliphatic hydroxyl groups is 1. The van der Waals surface area contributed by atoms with Gasteiger partial charge in [0, 0.05) is 19.2 Å². The van der Waals surface area contributed by atoms with Gasteiger partial charge in [0.2, 0.25) is 0 Å². The molecule has 0 fully saturated rings. The highest BCUT2D eigenvalue weighted by Crippen LogP contribution is 2.43. The minimum Gasteiger partial charge on any atom is -0.462 e. The number of hydrogen-bond acceptors (Lipinski definition) is 4. The van der Waals surface area contributed by atoms with Gasteiger partial charge in [-0.3, -0.25) is 4.99 Å². The lowest BCUT2D eigenvalue weighted by molar-refractivity contribution is -0.263. The van der Waals surface area contributed by atoms with E-state index >= 15 is 0 Å². The second kappa shape index (κ2) is 9.00. The van der Waals surface area contributed by atoms with E-state index in [1.54, 1.807) is 39.8 Å². The number of nitrogens with zero attached hydrogens (tertiary/aromatic N) is 1. The molecule has 0 aromatic heterocycles. The van der Waals surface area contributed by atoms with Crippen LogP contribution in [0.5, 0.6) is 0 Å². The normalized spacial score (nSPS) is 14.4. The first-order valence-corrected chi connectivity index (χ1v) is 9.54. The fraction of sp³-hybridized carbons (Fsp3) is 0.391. The standard InChI is InChI=1S/C23H26F3NO3/c1-6-30-21(28)19-8-7-17(12-16(19)4)20(27-5)13-22(29,23(24,25)26)18-10-14(2)9-15(3)11-18/h7-12,29H,6,13H2,1-5H3. The van der Waals surface area contributed by atoms with E-state index in [9.17, 15) is 23.1 Å². The molecule has 1 unspecified atom stereocenters. The number of rotatable bonds is 6. The Balaban J connectivity index is 2.49. The highest BCUT2D eigenvalue weighted by atomic mass is 19.4. The minimum atomic E-state index is -4.91. The third kappa shape index (κ3) is 4.90. The van der Waals surface area contributed by atoms with Crippen molar-refractivity contribution < 1.29 is 27.8 Å². The molecule has 0 amide bonds. The van der Waals surface area contributed by atoms with Gasteiger partial charge >= 0.3 is 12.1 Å². The van der Waals surface area contributed by atoms with E-state index in [-0.39, 0.29) is 17.9 Å². The Hall–Kier alpha value is -2.67. The molecule has 0 heterocycles. The van der Waals surface area contributed by atoms with Gasteiger partial charge in [-0.05, 0) is 56.5 Å². The van der Waals surface area contributed by atoms with Crippen molar-refractivity contribution in [1.29, 1.82) is 0 Å². The topological polar surface area (TPSA) is 58.9 Å². The third-order valence-corrected chi connectivity index (χ3v) is 4.92. The summed E-state index contributed by atoms with van der Waals surface area (Å²) in [5, 5.41) is 10.8. The molecule has 7 heteroatoms. The van der Waals surface area contributed by atoms with Crippen LogP contribution in [0.3, 0.4) is 0 Å². The van der Waals surface area contributed by atoms with Gasteiger partial charge in [-0.2, -0.15) is 13.2 Å². The summed E-state index contributed by atoms with van der Waals surface area (Å²) >= 11 is 0. The number of aliphatic imine (C=N–C) groups is 1. The number of carbonyl (C=O) groups is 1. The number of halogens is 3. The number of alkyl halides is 3. The highest BCUT2D eigenvalue weighted by Gasteiger charge is 2.55. The molecule has 0 spiro atoms. The molecule has 30 heavy (non-hydrogen) atoms. The molecule has 1 N–H and O–H groups in total. The highest BCUT2D eigenvalue weighted by molar-refractivity contribution is 6.02. The molecule has 0 aliphatic rings. The number of ether oxygens (including phenoxy) is 1. The molecule has 0 saturated carbocycles. The Morgan fingerprint density at radius 2 is 1.67 bits per heavy atom. The second-order valence-corrected chi connectivity index (χ2v) is 7.33. The van der Waals surface area contributed by atoms with Crippen LogP contribution in [0.15, 0.2) is 41.4 Å². The van der Waals surface area contributed by atoms with Crippen LogP contribution >= 0.6 is 0 Å². The zero-order chi connectivity index (χ0) is 22.7. The molecule has 0 bridgehead atoms. The van der Waals surface area contributed by atoms with Crippen LogP contribution in [0.2, 0.25) is 0 Å². The van der Waals surface area contributed by atoms with Crippen molar-refractivity contribution in [2.45, 2.75) is 45.9 Å². The van der Waals surface area contributed by atoms with Gasteiger partial charge in [0.1, 0.15) is 0 Å². The number of hydrogen-bond donors (Lipinski definition) is 1. The maximum absolute atomic E-state index is 14.0. The average molecular weight is 421 g/mol. The lowest BCUT2D eigenvalue weighted by Crippen LogP contribution is -2.44. The lowest BCUT2D eigenvalue weighted by atomic mass is 9.84. The molecule has 4 nitrogen and oxygen atoms in total. The van der Waals surface area contributed by atoms with E-state index in [4.69, 9.17) is 4.74 Å². The number of carbonyl (C=O) groups excluding carboxylic acids is 1. The fourth-order valence-electron chi connectivity index (χ4n) is 3.41. The third-order valence-electron chi connectivity index (χ3n) is 4.92. The van der Waals surface area contributed by atoms with E-state index in [1.807, 2.05) is 0 Å². The van der Waals surface area contributed by atoms with Crippen molar-refractivity contribution in [3.8, 4) is 0 Å². The fourth-order valence-corrected chi connectivity index (χ4v) is 3.41. The molecule has 2 aromatic carbocycles. The first-order chi connectivity index (χ1) is 13.9. The van der Waals surface area contributed by atoms with Crippen molar-refractivity contribution in [1.82, 2.24) is 0 Å². The Kier molecular flexibility index (Phi) is 7.08. The van der Waals surface area contributed by atoms with Crippen molar-refractivity contribution >= 4 is 11.7 Å². The van der Waals surface area contributed by atoms with Crippen LogP contribution in [-0.2, 0) is 10.3 Å². The van der Waals surface area contributed by atoms with Gasteiger partial charge in [0.15, 0.2) is 5.60 Å². The van der Waals surface area contributed by atoms with E-state index in [0.717, 1.165) is 0 Å². The molecular formula is C23H26F3NO3. The predicted octanol–water partition coefficient (Wildman–Crippen LogP) is 5.05. The first kappa shape index (κ1) is 23.6. The SMILES string of the molecule is CCOC(=O)c1ccc(C(CC(O)(c2cc(C)cc(C)c2)C(F)(F)F)=NC)cc1C. The molecule has 0 radical (unpaired) electrons. The van der Waals surface area contributed by atoms with E-state index in [2.05, 4.69) is 4.99 Å². The van der Waals surface area contributed by atoms with Gasteiger partial charge in [-0.15, -0.1) is 0 Å². The van der Waals surface area contributed by atoms with Gasteiger partial charge in [-0.25, -0.2) is 4.79 Å². The second-order valence-electron chi connectivity index (χ2n) is 7.33. The molecule has 2 aromatic rings. The Labute approximate surface area is 174 Å². The molecule has 162 valence electrons. The van der Waals surface area contributed by atoms with Crippen LogP contribution in [0.4, 0.5) is 13.2 Å². The quantitative estimate of drug-likeness (QED) is 0.525. The van der Waals surface area contributed by atoms with Crippen LogP contribution in [0, 0.1) is 20.8 Å². The summed E-state index contributed by atoms with van der Waals surface area (Å²) in [5.41, 5.74) is -0.733. The lowest BCUT2D eigenvalue weighted by Gasteiger charge is -2.32. The Bertz CT molecular complexity index is 946. The summed E-state index contributed by atoms with van der Waals surface area (Å²) in [6.07, 6.45) is -5.67. The summed E-state index contributed by atoms with van der Waals surface area (Å²) < 4.78 is 47.1. The van der Waals surface area contributed by atoms with Crippen LogP contribution in [-0.4, -0.2) is 36.6 Å². The summed E-state index contributed by atoms with van der Waals surface area (Å²) in [6.45, 7) is 6.94. The monoisotopic (exact) mass is 421 g/mol. The Morgan fingerprint density at radius 3 is 2.13 bits per heavy atom. The summed E-state index contributed by atoms with van der Waals surface area (Å²) in [7, 11) is 1.38. The van der Waals surface area contributed by atoms with Crippen molar-refractivity contribution in [3.05, 3.63) is 69.8 Å². The van der Waals surface area contributed by atoms with E-state index in [0.29, 0.717) is 27.8 Å². The van der Waals surface area contributed by atoms with Crippen molar-refractivity contribution in [2.75, 3.05) is 13.7 Å². The smallest absolute Gasteiger partial charge is 0.421 e. The molecule has 0 aliphatic carbocycles. The molecular weight excluding hydrogens is 395 g/mol. The summed E-state index contributed by atoms with van der Waals surface area (Å²) in [5.74, 6) is -0.501. The first-order valence-electron chi connectivity index (χ1n) is 9.54. The number of aryl methyl sites for hydroxylation is 3. The van der Waals surface area contributed by atoms with Gasteiger partial charge in [-0.1, -0.05) is 35.4 Å². The maximum atomic E-state index is 14.0. The largest absolute Gasteiger partial charge is 0.462 e. The molecule has 1 atom stereocenters. The van der Waals surface area contributed by atoms with Crippen molar-refractivity contribution in [3.63, 3.8) is 0 Å². The zero-order valence-corrected chi connectivity index (χ0v) is 17.7. The van der Waals surface area contributed by atoms with Gasteiger partial charge < -0.3 is 9.84 Å². The van der Waals surface area contributed by atoms with Gasteiger partial charge in [0.25, 0.3) is 0 Å². The van der Waals surface area contributed by atoms with Crippen LogP contribution in [0.1, 0.15) is 51.5 Å². The number of benzene rings is 2. The summed E-state index contributed by atoms with van der Waals surface area (Å²) in [6, 6.07) is 9.00. The average Bonchev–Trinajstić information content (AvgIpc) is 2.64. The molecule has 2 rings (SSSR count). The van der Waals surface area contributed by atoms with E-state index in [1.165, 1.54) is 31.3 Å². The van der Waals surface area contributed by atoms with Crippen LogP contribution in [0.25, 0.3) is 0 Å². The predicted molar refractivity (Wildman–Crippen MR) is 110 cm³/mol.